The fourth-order valence-electron chi connectivity index (χ4n) is 9.18. The molecule has 12 rings (SSSR count). The highest BCUT2D eigenvalue weighted by atomic mass is 15.0. The summed E-state index contributed by atoms with van der Waals surface area (Å²) in [4.78, 5) is 4.92. The van der Waals surface area contributed by atoms with E-state index < -0.39 is 0 Å². The Morgan fingerprint density at radius 2 is 0.807 bits per heavy atom. The zero-order chi connectivity index (χ0) is 37.5. The van der Waals surface area contributed by atoms with Crippen LogP contribution in [0.3, 0.4) is 0 Å². The maximum atomic E-state index is 4.92. The van der Waals surface area contributed by atoms with Crippen molar-refractivity contribution in [2.24, 2.45) is 0 Å². The summed E-state index contributed by atoms with van der Waals surface area (Å²) in [6.45, 7) is 0. The number of benzene rings is 8. The van der Waals surface area contributed by atoms with Crippen LogP contribution >= 0.6 is 0 Å². The third-order valence-electron chi connectivity index (χ3n) is 11.7. The summed E-state index contributed by atoms with van der Waals surface area (Å²) in [6, 6.07) is 72.4. The standard InChI is InChI=1S/C53H34N4/c1-2-13-35(14-3-1)36-24-27-38(28-25-36)56-51-30-26-37(33-45(51)44-19-12-32-54-53(44)56)40-15-4-8-20-47(40)57-50-23-11-7-18-43(50)46-34-39(29-31-52(46)57)55-48-21-9-5-16-41(48)42-17-6-10-22-49(42)55/h1-34H. The van der Waals surface area contributed by atoms with Crippen LogP contribution in [0.2, 0.25) is 0 Å². The number of aromatic nitrogens is 4. The second kappa shape index (κ2) is 12.4. The minimum atomic E-state index is 0.951. The molecule has 0 saturated carbocycles. The predicted octanol–water partition coefficient (Wildman–Crippen LogP) is 13.7. The Hall–Kier alpha value is -7.69. The molecule has 4 heteroatoms. The zero-order valence-electron chi connectivity index (χ0n) is 30.9. The lowest BCUT2D eigenvalue weighted by Gasteiger charge is -2.15. The second-order valence-corrected chi connectivity index (χ2v) is 14.8. The van der Waals surface area contributed by atoms with Crippen LogP contribution in [0.4, 0.5) is 0 Å². The number of pyridine rings is 1. The smallest absolute Gasteiger partial charge is 0.145 e. The number of hydrogen-bond acceptors (Lipinski definition) is 1. The van der Waals surface area contributed by atoms with E-state index in [1.165, 1.54) is 65.7 Å². The van der Waals surface area contributed by atoms with Crippen molar-refractivity contribution in [1.29, 1.82) is 0 Å². The van der Waals surface area contributed by atoms with Crippen LogP contribution in [-0.4, -0.2) is 18.7 Å². The first-order chi connectivity index (χ1) is 28.3. The van der Waals surface area contributed by atoms with Crippen molar-refractivity contribution in [2.75, 3.05) is 0 Å². The monoisotopic (exact) mass is 726 g/mol. The Morgan fingerprint density at radius 1 is 0.298 bits per heavy atom. The molecule has 0 amide bonds. The number of hydrogen-bond donors (Lipinski definition) is 0. The number of rotatable bonds is 5. The molecule has 0 radical (unpaired) electrons. The van der Waals surface area contributed by atoms with Crippen LogP contribution in [0, 0.1) is 0 Å². The van der Waals surface area contributed by atoms with Gasteiger partial charge in [0.1, 0.15) is 5.65 Å². The number of nitrogens with zero attached hydrogens (tertiary/aromatic N) is 4. The molecule has 0 fully saturated rings. The summed E-state index contributed by atoms with van der Waals surface area (Å²) >= 11 is 0. The Morgan fingerprint density at radius 3 is 1.56 bits per heavy atom. The highest BCUT2D eigenvalue weighted by Crippen LogP contribution is 2.41. The van der Waals surface area contributed by atoms with E-state index in [0.717, 1.165) is 39.2 Å². The van der Waals surface area contributed by atoms with E-state index in [2.05, 4.69) is 208 Å². The molecule has 0 bridgehead atoms. The lowest BCUT2D eigenvalue weighted by Crippen LogP contribution is -1.98. The van der Waals surface area contributed by atoms with Crippen molar-refractivity contribution < 1.29 is 0 Å². The maximum Gasteiger partial charge on any atom is 0.145 e. The molecule has 12 aromatic rings. The van der Waals surface area contributed by atoms with E-state index in [0.29, 0.717) is 0 Å². The number of para-hydroxylation sites is 4. The summed E-state index contributed by atoms with van der Waals surface area (Å²) in [5, 5.41) is 7.29. The van der Waals surface area contributed by atoms with Crippen molar-refractivity contribution in [3.8, 4) is 39.3 Å². The van der Waals surface area contributed by atoms with Crippen LogP contribution < -0.4 is 0 Å². The van der Waals surface area contributed by atoms with Gasteiger partial charge in [-0.15, -0.1) is 0 Å². The molecule has 0 spiro atoms. The Bertz CT molecular complexity index is 3460. The van der Waals surface area contributed by atoms with Crippen molar-refractivity contribution in [3.05, 3.63) is 206 Å². The lowest BCUT2D eigenvalue weighted by molar-refractivity contribution is 1.14. The largest absolute Gasteiger partial charge is 0.309 e. The van der Waals surface area contributed by atoms with Gasteiger partial charge < -0.3 is 9.13 Å². The van der Waals surface area contributed by atoms with Crippen LogP contribution in [0.25, 0.3) is 105 Å². The van der Waals surface area contributed by atoms with Crippen LogP contribution in [0.1, 0.15) is 0 Å². The molecule has 0 aliphatic heterocycles. The maximum absolute atomic E-state index is 4.92. The molecule has 4 aromatic heterocycles. The normalized spacial score (nSPS) is 11.9. The van der Waals surface area contributed by atoms with E-state index in [-0.39, 0.29) is 0 Å². The van der Waals surface area contributed by atoms with Gasteiger partial charge in [0.05, 0.1) is 33.3 Å². The summed E-state index contributed by atoms with van der Waals surface area (Å²) in [5.41, 5.74) is 15.0. The Kier molecular flexibility index (Phi) is 6.89. The molecule has 57 heavy (non-hydrogen) atoms. The van der Waals surface area contributed by atoms with Gasteiger partial charge in [0.15, 0.2) is 0 Å². The van der Waals surface area contributed by atoms with E-state index >= 15 is 0 Å². The van der Waals surface area contributed by atoms with Gasteiger partial charge in [-0.1, -0.05) is 121 Å². The molecule has 0 atom stereocenters. The van der Waals surface area contributed by atoms with Crippen LogP contribution in [0.5, 0.6) is 0 Å². The molecule has 0 aliphatic carbocycles. The third kappa shape index (κ3) is 4.77. The minimum absolute atomic E-state index is 0.951. The SMILES string of the molecule is c1ccc(-c2ccc(-n3c4ccc(-c5ccccc5-n5c6ccccc6c6cc(-n7c8ccccc8c8ccccc87)ccc65)cc4c4cccnc43)cc2)cc1. The van der Waals surface area contributed by atoms with Crippen molar-refractivity contribution in [2.45, 2.75) is 0 Å². The average molecular weight is 727 g/mol. The molecular formula is C53H34N4. The fourth-order valence-corrected chi connectivity index (χ4v) is 9.18. The molecular weight excluding hydrogens is 693 g/mol. The van der Waals surface area contributed by atoms with Gasteiger partial charge in [0, 0.05) is 55.5 Å². The van der Waals surface area contributed by atoms with Gasteiger partial charge in [-0.05, 0) is 95.6 Å². The average Bonchev–Trinajstić information content (AvgIpc) is 3.92. The molecule has 0 N–H and O–H groups in total. The molecule has 0 unspecified atom stereocenters. The van der Waals surface area contributed by atoms with Gasteiger partial charge in [-0.3, -0.25) is 4.57 Å². The summed E-state index contributed by atoms with van der Waals surface area (Å²) in [6.07, 6.45) is 1.89. The number of fused-ring (bicyclic) bond motifs is 9. The van der Waals surface area contributed by atoms with Gasteiger partial charge >= 0.3 is 0 Å². The zero-order valence-corrected chi connectivity index (χ0v) is 30.9. The summed E-state index contributed by atoms with van der Waals surface area (Å²) in [5.74, 6) is 0. The minimum Gasteiger partial charge on any atom is -0.309 e. The Labute approximate surface area is 328 Å². The molecule has 4 nitrogen and oxygen atoms in total. The van der Waals surface area contributed by atoms with Crippen molar-refractivity contribution in [3.63, 3.8) is 0 Å². The van der Waals surface area contributed by atoms with Gasteiger partial charge in [-0.2, -0.15) is 0 Å². The molecule has 0 aliphatic rings. The molecule has 4 heterocycles. The summed E-state index contributed by atoms with van der Waals surface area (Å²) in [7, 11) is 0. The lowest BCUT2D eigenvalue weighted by atomic mass is 10.0. The topological polar surface area (TPSA) is 27.7 Å². The van der Waals surface area contributed by atoms with Crippen LogP contribution in [0.15, 0.2) is 206 Å². The van der Waals surface area contributed by atoms with E-state index in [1.807, 2.05) is 12.3 Å². The highest BCUT2D eigenvalue weighted by Gasteiger charge is 2.20. The summed E-state index contributed by atoms with van der Waals surface area (Å²) < 4.78 is 7.14. The van der Waals surface area contributed by atoms with Crippen molar-refractivity contribution >= 4 is 65.5 Å². The van der Waals surface area contributed by atoms with Crippen molar-refractivity contribution in [1.82, 2.24) is 18.7 Å². The highest BCUT2D eigenvalue weighted by molar-refractivity contribution is 6.13. The first-order valence-electron chi connectivity index (χ1n) is 19.5. The van der Waals surface area contributed by atoms with E-state index in [4.69, 9.17) is 4.98 Å². The van der Waals surface area contributed by atoms with Crippen LogP contribution in [-0.2, 0) is 0 Å². The molecule has 0 saturated heterocycles. The van der Waals surface area contributed by atoms with Gasteiger partial charge in [0.2, 0.25) is 0 Å². The van der Waals surface area contributed by atoms with Gasteiger partial charge in [0.25, 0.3) is 0 Å². The Balaban J connectivity index is 1.03. The van der Waals surface area contributed by atoms with E-state index in [1.54, 1.807) is 0 Å². The van der Waals surface area contributed by atoms with E-state index in [9.17, 15) is 0 Å². The molecule has 266 valence electrons. The first-order valence-corrected chi connectivity index (χ1v) is 19.5. The quantitative estimate of drug-likeness (QED) is 0.174. The molecule has 8 aromatic carbocycles. The first kappa shape index (κ1) is 31.6. The predicted molar refractivity (Wildman–Crippen MR) is 238 cm³/mol. The third-order valence-corrected chi connectivity index (χ3v) is 11.7. The second-order valence-electron chi connectivity index (χ2n) is 14.8. The van der Waals surface area contributed by atoms with Gasteiger partial charge in [-0.25, -0.2) is 4.98 Å². The fraction of sp³-hybridized carbons (Fsp3) is 0.